The zero-order valence-corrected chi connectivity index (χ0v) is 17.2. The first-order valence-electron chi connectivity index (χ1n) is 9.38. The summed E-state index contributed by atoms with van der Waals surface area (Å²) in [7, 11) is 5.32. The van der Waals surface area contributed by atoms with Gasteiger partial charge in [-0.3, -0.25) is 14.5 Å². The Hall–Kier alpha value is -2.90. The van der Waals surface area contributed by atoms with Crippen LogP contribution in [0.3, 0.4) is 0 Å². The number of hydrogen-bond acceptors (Lipinski definition) is 6. The quantitative estimate of drug-likeness (QED) is 0.704. The fourth-order valence-electron chi connectivity index (χ4n) is 3.43. The van der Waals surface area contributed by atoms with Gasteiger partial charge in [-0.2, -0.15) is 5.10 Å². The molecule has 3 rings (SSSR count). The molecule has 1 saturated carbocycles. The lowest BCUT2D eigenvalue weighted by atomic mass is 10.2. The Labute approximate surface area is 164 Å². The van der Waals surface area contributed by atoms with E-state index in [1.165, 1.54) is 4.68 Å². The topological polar surface area (TPSA) is 86.3 Å². The third kappa shape index (κ3) is 4.00. The molecule has 2 aromatic rings. The largest absolute Gasteiger partial charge is 0.476 e. The highest BCUT2D eigenvalue weighted by atomic mass is 16.5. The maximum atomic E-state index is 12.4. The van der Waals surface area contributed by atoms with Crippen molar-refractivity contribution in [1.29, 1.82) is 0 Å². The van der Waals surface area contributed by atoms with E-state index in [9.17, 15) is 4.79 Å². The number of aliphatic imine (C=N–C) groups is 1. The molecule has 0 spiro atoms. The van der Waals surface area contributed by atoms with Crippen LogP contribution >= 0.6 is 0 Å². The van der Waals surface area contributed by atoms with E-state index in [4.69, 9.17) is 4.74 Å². The molecule has 150 valence electrons. The Kier molecular flexibility index (Phi) is 5.67. The van der Waals surface area contributed by atoms with Crippen molar-refractivity contribution in [3.63, 3.8) is 0 Å². The summed E-state index contributed by atoms with van der Waals surface area (Å²) in [6, 6.07) is 1.67. The first kappa shape index (κ1) is 19.9. The summed E-state index contributed by atoms with van der Waals surface area (Å²) >= 11 is 0. The predicted octanol–water partition coefficient (Wildman–Crippen LogP) is 2.01. The predicted molar refractivity (Wildman–Crippen MR) is 110 cm³/mol. The highest BCUT2D eigenvalue weighted by Gasteiger charge is 2.40. The number of aromatic nitrogens is 4. The van der Waals surface area contributed by atoms with Gasteiger partial charge in [-0.05, 0) is 26.3 Å². The highest BCUT2D eigenvalue weighted by Crippen LogP contribution is 2.40. The molecule has 0 aromatic carbocycles. The van der Waals surface area contributed by atoms with Crippen LogP contribution in [0.4, 0.5) is 5.69 Å². The van der Waals surface area contributed by atoms with Gasteiger partial charge in [0, 0.05) is 62.6 Å². The second kappa shape index (κ2) is 8.00. The van der Waals surface area contributed by atoms with Gasteiger partial charge >= 0.3 is 0 Å². The lowest BCUT2D eigenvalue weighted by Gasteiger charge is -2.11. The standard InChI is InChI=1S/C20H28N6O2/c1-7-17(21-4)15-8-14(15)11-28-19-9-18(20(27)26(6)24-19)22-10-16-12(2)23-25(5)13(16)3/h7,9,14-15,22H,1,8,10-11H2,2-6H3. The minimum Gasteiger partial charge on any atom is -0.476 e. The summed E-state index contributed by atoms with van der Waals surface area (Å²) in [6.07, 6.45) is 2.84. The van der Waals surface area contributed by atoms with Gasteiger partial charge in [0.15, 0.2) is 0 Å². The normalized spacial score (nSPS) is 18.8. The molecule has 2 unspecified atom stereocenters. The number of hydrogen-bond donors (Lipinski definition) is 1. The maximum Gasteiger partial charge on any atom is 0.290 e. The molecule has 0 saturated heterocycles. The Morgan fingerprint density at radius 1 is 1.39 bits per heavy atom. The van der Waals surface area contributed by atoms with Gasteiger partial charge in [-0.15, -0.1) is 5.10 Å². The molecule has 8 nitrogen and oxygen atoms in total. The van der Waals surface area contributed by atoms with Crippen LogP contribution in [-0.2, 0) is 20.6 Å². The Morgan fingerprint density at radius 3 is 2.75 bits per heavy atom. The Balaban J connectivity index is 1.67. The van der Waals surface area contributed by atoms with Crippen LogP contribution in [-0.4, -0.2) is 38.9 Å². The third-order valence-corrected chi connectivity index (χ3v) is 5.37. The first-order valence-corrected chi connectivity index (χ1v) is 9.38. The molecule has 0 radical (unpaired) electrons. The van der Waals surface area contributed by atoms with Crippen molar-refractivity contribution in [2.24, 2.45) is 30.9 Å². The van der Waals surface area contributed by atoms with Crippen LogP contribution in [0.5, 0.6) is 5.88 Å². The van der Waals surface area contributed by atoms with Gasteiger partial charge in [0.25, 0.3) is 5.56 Å². The number of allylic oxidation sites excluding steroid dienone is 1. The summed E-state index contributed by atoms with van der Waals surface area (Å²) in [5.41, 5.74) is 4.40. The van der Waals surface area contributed by atoms with Gasteiger partial charge in [-0.25, -0.2) is 4.68 Å². The second-order valence-electron chi connectivity index (χ2n) is 7.22. The zero-order chi connectivity index (χ0) is 20.4. The fourth-order valence-corrected chi connectivity index (χ4v) is 3.43. The van der Waals surface area contributed by atoms with E-state index in [0.29, 0.717) is 36.6 Å². The van der Waals surface area contributed by atoms with Crippen LogP contribution < -0.4 is 15.6 Å². The summed E-state index contributed by atoms with van der Waals surface area (Å²) in [5.74, 6) is 1.25. The van der Waals surface area contributed by atoms with Crippen molar-refractivity contribution in [3.05, 3.63) is 46.0 Å². The van der Waals surface area contributed by atoms with Gasteiger partial charge in [0.1, 0.15) is 5.69 Å². The number of aryl methyl sites for hydroxylation is 3. The van der Waals surface area contributed by atoms with E-state index >= 15 is 0 Å². The number of anilines is 1. The lowest BCUT2D eigenvalue weighted by molar-refractivity contribution is 0.278. The molecule has 1 aliphatic rings. The van der Waals surface area contributed by atoms with E-state index in [2.05, 4.69) is 27.1 Å². The average molecular weight is 384 g/mol. The fraction of sp³-hybridized carbons (Fsp3) is 0.500. The van der Waals surface area contributed by atoms with Crippen LogP contribution in [0.1, 0.15) is 23.4 Å². The molecule has 0 amide bonds. The summed E-state index contributed by atoms with van der Waals surface area (Å²) in [5, 5.41) is 11.8. The molecule has 28 heavy (non-hydrogen) atoms. The molecule has 1 fully saturated rings. The molecule has 2 atom stereocenters. The summed E-state index contributed by atoms with van der Waals surface area (Å²) in [4.78, 5) is 16.7. The van der Waals surface area contributed by atoms with Crippen LogP contribution in [0.2, 0.25) is 0 Å². The van der Waals surface area contributed by atoms with Gasteiger partial charge in [0.05, 0.1) is 12.3 Å². The number of nitrogens with one attached hydrogen (secondary N) is 1. The molecular formula is C20H28N6O2. The van der Waals surface area contributed by atoms with Gasteiger partial charge < -0.3 is 10.1 Å². The number of rotatable bonds is 8. The molecule has 2 heterocycles. The molecule has 2 aromatic heterocycles. The van der Waals surface area contributed by atoms with E-state index in [1.807, 2.05) is 25.6 Å². The second-order valence-corrected chi connectivity index (χ2v) is 7.22. The van der Waals surface area contributed by atoms with E-state index in [1.54, 1.807) is 26.2 Å². The minimum absolute atomic E-state index is 0.192. The highest BCUT2D eigenvalue weighted by molar-refractivity contribution is 5.98. The van der Waals surface area contributed by atoms with Crippen molar-refractivity contribution >= 4 is 11.4 Å². The molecule has 0 aliphatic heterocycles. The molecule has 1 aliphatic carbocycles. The summed E-state index contributed by atoms with van der Waals surface area (Å²) < 4.78 is 9.00. The Morgan fingerprint density at radius 2 is 2.14 bits per heavy atom. The van der Waals surface area contributed by atoms with Crippen LogP contribution in [0.25, 0.3) is 0 Å². The Bertz CT molecular complexity index is 972. The molecular weight excluding hydrogens is 356 g/mol. The maximum absolute atomic E-state index is 12.4. The van der Waals surface area contributed by atoms with Crippen molar-refractivity contribution in [1.82, 2.24) is 19.6 Å². The van der Waals surface area contributed by atoms with Crippen molar-refractivity contribution in [2.75, 3.05) is 19.0 Å². The van der Waals surface area contributed by atoms with Crippen LogP contribution in [0.15, 0.2) is 28.5 Å². The summed E-state index contributed by atoms with van der Waals surface area (Å²) in [6.45, 7) is 8.84. The van der Waals surface area contributed by atoms with Gasteiger partial charge in [0.2, 0.25) is 5.88 Å². The average Bonchev–Trinajstić information content (AvgIpc) is 3.38. The third-order valence-electron chi connectivity index (χ3n) is 5.37. The SMILES string of the molecule is C=CC(=NC)C1CC1COc1cc(NCc2c(C)nn(C)c2C)c(=O)n(C)n1. The minimum atomic E-state index is -0.192. The lowest BCUT2D eigenvalue weighted by Crippen LogP contribution is -2.24. The monoisotopic (exact) mass is 384 g/mol. The molecule has 0 bridgehead atoms. The van der Waals surface area contributed by atoms with E-state index < -0.39 is 0 Å². The first-order chi connectivity index (χ1) is 13.3. The number of ether oxygens (including phenoxy) is 1. The number of nitrogens with zero attached hydrogens (tertiary/aromatic N) is 5. The zero-order valence-electron chi connectivity index (χ0n) is 17.2. The smallest absolute Gasteiger partial charge is 0.290 e. The van der Waals surface area contributed by atoms with E-state index in [-0.39, 0.29) is 5.56 Å². The van der Waals surface area contributed by atoms with E-state index in [0.717, 1.165) is 29.1 Å². The molecule has 1 N–H and O–H groups in total. The van der Waals surface area contributed by atoms with Crippen molar-refractivity contribution < 1.29 is 4.74 Å². The van der Waals surface area contributed by atoms with Crippen molar-refractivity contribution in [2.45, 2.75) is 26.8 Å². The van der Waals surface area contributed by atoms with Crippen LogP contribution in [0, 0.1) is 25.7 Å². The van der Waals surface area contributed by atoms with Gasteiger partial charge in [-0.1, -0.05) is 6.58 Å². The molecule has 8 heteroatoms. The van der Waals surface area contributed by atoms with Crippen molar-refractivity contribution in [3.8, 4) is 5.88 Å².